The van der Waals surface area contributed by atoms with E-state index in [0.717, 1.165) is 22.4 Å². The molecule has 3 rings (SSSR count). The number of benzene rings is 2. The highest BCUT2D eigenvalue weighted by Crippen LogP contribution is 2.33. The van der Waals surface area contributed by atoms with Crippen LogP contribution in [0.15, 0.2) is 36.4 Å². The van der Waals surface area contributed by atoms with E-state index in [1.54, 1.807) is 12.1 Å². The van der Waals surface area contributed by atoms with Crippen molar-refractivity contribution in [1.29, 1.82) is 0 Å². The zero-order valence-corrected chi connectivity index (χ0v) is 16.7. The van der Waals surface area contributed by atoms with Gasteiger partial charge in [-0.25, -0.2) is 13.2 Å². The number of urea groups is 1. The van der Waals surface area contributed by atoms with Crippen LogP contribution in [0.5, 0.6) is 0 Å². The summed E-state index contributed by atoms with van der Waals surface area (Å²) in [7, 11) is -3.32. The van der Waals surface area contributed by atoms with E-state index in [2.05, 4.69) is 10.6 Å². The van der Waals surface area contributed by atoms with Crippen LogP contribution in [-0.4, -0.2) is 26.7 Å². The Kier molecular flexibility index (Phi) is 5.41. The second-order valence-corrected chi connectivity index (χ2v) is 8.89. The summed E-state index contributed by atoms with van der Waals surface area (Å²) in [4.78, 5) is 12.3. The Hall–Kier alpha value is -2.54. The highest BCUT2D eigenvalue weighted by molar-refractivity contribution is 7.92. The van der Waals surface area contributed by atoms with Crippen molar-refractivity contribution in [2.45, 2.75) is 33.6 Å². The number of carbonyl (C=O) groups excluding carboxylic acids is 1. The van der Waals surface area contributed by atoms with Crippen molar-refractivity contribution in [3.63, 3.8) is 0 Å². The SMILES string of the molecule is CCCS(=O)(=O)N1CCc2ccc(NC(=O)Nc3ccc(C)cc3C)cc21. The molecule has 2 amide bonds. The van der Waals surface area contributed by atoms with E-state index < -0.39 is 10.0 Å². The second kappa shape index (κ2) is 7.60. The molecule has 2 N–H and O–H groups in total. The zero-order chi connectivity index (χ0) is 19.6. The molecule has 1 heterocycles. The number of anilines is 3. The van der Waals surface area contributed by atoms with Crippen molar-refractivity contribution in [3.05, 3.63) is 53.1 Å². The molecule has 0 bridgehead atoms. The number of amides is 2. The minimum Gasteiger partial charge on any atom is -0.308 e. The van der Waals surface area contributed by atoms with Gasteiger partial charge in [0.2, 0.25) is 10.0 Å². The van der Waals surface area contributed by atoms with Crippen LogP contribution in [0.2, 0.25) is 0 Å². The Morgan fingerprint density at radius 3 is 2.59 bits per heavy atom. The van der Waals surface area contributed by atoms with Gasteiger partial charge in [-0.05, 0) is 56.0 Å². The molecule has 0 radical (unpaired) electrons. The molecule has 6 nitrogen and oxygen atoms in total. The first-order valence-electron chi connectivity index (χ1n) is 9.09. The van der Waals surface area contributed by atoms with Gasteiger partial charge in [-0.1, -0.05) is 30.7 Å². The van der Waals surface area contributed by atoms with Crippen molar-refractivity contribution in [2.75, 3.05) is 27.2 Å². The van der Waals surface area contributed by atoms with Gasteiger partial charge < -0.3 is 10.6 Å². The molecule has 0 unspecified atom stereocenters. The summed E-state index contributed by atoms with van der Waals surface area (Å²) >= 11 is 0. The van der Waals surface area contributed by atoms with Crippen molar-refractivity contribution in [2.24, 2.45) is 0 Å². The summed E-state index contributed by atoms with van der Waals surface area (Å²) in [6.45, 7) is 6.24. The van der Waals surface area contributed by atoms with Crippen LogP contribution in [0.1, 0.15) is 30.0 Å². The molecule has 0 atom stereocenters. The molecule has 0 aromatic heterocycles. The Bertz CT molecular complexity index is 970. The maximum atomic E-state index is 12.5. The van der Waals surface area contributed by atoms with Crippen molar-refractivity contribution in [3.8, 4) is 0 Å². The summed E-state index contributed by atoms with van der Waals surface area (Å²) in [5.41, 5.74) is 5.06. The van der Waals surface area contributed by atoms with E-state index >= 15 is 0 Å². The zero-order valence-electron chi connectivity index (χ0n) is 15.9. The lowest BCUT2D eigenvalue weighted by Gasteiger charge is -2.20. The number of nitrogens with zero attached hydrogens (tertiary/aromatic N) is 1. The van der Waals surface area contributed by atoms with Gasteiger partial charge in [0.1, 0.15) is 0 Å². The maximum absolute atomic E-state index is 12.5. The van der Waals surface area contributed by atoms with Gasteiger partial charge >= 0.3 is 6.03 Å². The number of hydrogen-bond donors (Lipinski definition) is 2. The monoisotopic (exact) mass is 387 g/mol. The summed E-state index contributed by atoms with van der Waals surface area (Å²) < 4.78 is 26.4. The third kappa shape index (κ3) is 4.24. The molecular weight excluding hydrogens is 362 g/mol. The molecule has 0 aliphatic carbocycles. The Labute approximate surface area is 160 Å². The average molecular weight is 388 g/mol. The summed E-state index contributed by atoms with van der Waals surface area (Å²) in [6.07, 6.45) is 1.26. The lowest BCUT2D eigenvalue weighted by molar-refractivity contribution is 0.262. The molecule has 1 aliphatic heterocycles. The third-order valence-corrected chi connectivity index (χ3v) is 6.60. The summed E-state index contributed by atoms with van der Waals surface area (Å²) in [5.74, 6) is 0.122. The van der Waals surface area contributed by atoms with Gasteiger partial charge in [-0.2, -0.15) is 0 Å². The van der Waals surface area contributed by atoms with E-state index in [1.807, 2.05) is 45.0 Å². The molecule has 27 heavy (non-hydrogen) atoms. The van der Waals surface area contributed by atoms with Gasteiger partial charge in [0.05, 0.1) is 11.4 Å². The number of nitrogens with one attached hydrogen (secondary N) is 2. The van der Waals surface area contributed by atoms with Gasteiger partial charge in [-0.15, -0.1) is 0 Å². The molecule has 1 aliphatic rings. The third-order valence-electron chi connectivity index (χ3n) is 4.62. The number of fused-ring (bicyclic) bond motifs is 1. The van der Waals surface area contributed by atoms with Crippen molar-refractivity contribution >= 4 is 33.1 Å². The number of hydrogen-bond acceptors (Lipinski definition) is 3. The fourth-order valence-electron chi connectivity index (χ4n) is 3.32. The van der Waals surface area contributed by atoms with Crippen LogP contribution in [0.4, 0.5) is 21.9 Å². The van der Waals surface area contributed by atoms with Crippen LogP contribution in [0.3, 0.4) is 0 Å². The fourth-order valence-corrected chi connectivity index (χ4v) is 4.90. The molecule has 0 fully saturated rings. The lowest BCUT2D eigenvalue weighted by Crippen LogP contribution is -2.31. The Balaban J connectivity index is 1.76. The molecule has 0 spiro atoms. The molecule has 2 aromatic carbocycles. The topological polar surface area (TPSA) is 78.5 Å². The second-order valence-electron chi connectivity index (χ2n) is 6.88. The number of carbonyl (C=O) groups is 1. The van der Waals surface area contributed by atoms with Crippen molar-refractivity contribution in [1.82, 2.24) is 0 Å². The van der Waals surface area contributed by atoms with Crippen LogP contribution in [0.25, 0.3) is 0 Å². The minimum absolute atomic E-state index is 0.122. The van der Waals surface area contributed by atoms with Gasteiger partial charge in [-0.3, -0.25) is 4.31 Å². The Morgan fingerprint density at radius 2 is 1.89 bits per heavy atom. The summed E-state index contributed by atoms with van der Waals surface area (Å²) in [6, 6.07) is 10.9. The maximum Gasteiger partial charge on any atom is 0.323 e. The van der Waals surface area contributed by atoms with Crippen LogP contribution < -0.4 is 14.9 Å². The highest BCUT2D eigenvalue weighted by Gasteiger charge is 2.29. The predicted octanol–water partition coefficient (Wildman–Crippen LogP) is 4.05. The predicted molar refractivity (Wildman–Crippen MR) is 110 cm³/mol. The van der Waals surface area contributed by atoms with E-state index in [1.165, 1.54) is 4.31 Å². The first-order valence-corrected chi connectivity index (χ1v) is 10.7. The molecule has 0 saturated carbocycles. The average Bonchev–Trinajstić information content (AvgIpc) is 3.01. The van der Waals surface area contributed by atoms with Gasteiger partial charge in [0, 0.05) is 17.9 Å². The van der Waals surface area contributed by atoms with E-state index in [4.69, 9.17) is 0 Å². The quantitative estimate of drug-likeness (QED) is 0.812. The minimum atomic E-state index is -3.32. The first-order chi connectivity index (χ1) is 12.8. The van der Waals surface area contributed by atoms with Crippen LogP contribution in [-0.2, 0) is 16.4 Å². The van der Waals surface area contributed by atoms with Gasteiger partial charge in [0.15, 0.2) is 0 Å². The fraction of sp³-hybridized carbons (Fsp3) is 0.350. The largest absolute Gasteiger partial charge is 0.323 e. The normalized spacial score (nSPS) is 13.4. The number of rotatable bonds is 5. The summed E-state index contributed by atoms with van der Waals surface area (Å²) in [5, 5.41) is 5.63. The van der Waals surface area contributed by atoms with Gasteiger partial charge in [0.25, 0.3) is 0 Å². The standard InChI is InChI=1S/C20H25N3O3S/c1-4-11-27(25,26)23-10-9-16-6-7-17(13-19(16)23)21-20(24)22-18-8-5-14(2)12-15(18)3/h5-8,12-13H,4,9-11H2,1-3H3,(H2,21,22,24). The lowest BCUT2D eigenvalue weighted by atomic mass is 10.1. The van der Waals surface area contributed by atoms with E-state index in [0.29, 0.717) is 30.8 Å². The molecule has 144 valence electrons. The van der Waals surface area contributed by atoms with E-state index in [9.17, 15) is 13.2 Å². The molecule has 7 heteroatoms. The van der Waals surface area contributed by atoms with Crippen molar-refractivity contribution < 1.29 is 13.2 Å². The first kappa shape index (κ1) is 19.2. The Morgan fingerprint density at radius 1 is 1.11 bits per heavy atom. The molecular formula is C20H25N3O3S. The van der Waals surface area contributed by atoms with Crippen LogP contribution >= 0.6 is 0 Å². The molecule has 2 aromatic rings. The van der Waals surface area contributed by atoms with E-state index in [-0.39, 0.29) is 11.8 Å². The number of sulfonamides is 1. The molecule has 0 saturated heterocycles. The van der Waals surface area contributed by atoms with Crippen LogP contribution in [0, 0.1) is 13.8 Å². The number of aryl methyl sites for hydroxylation is 2. The highest BCUT2D eigenvalue weighted by atomic mass is 32.2. The smallest absolute Gasteiger partial charge is 0.308 e.